The van der Waals surface area contributed by atoms with Crippen molar-refractivity contribution in [2.24, 2.45) is 0 Å². The molecule has 1 unspecified atom stereocenters. The van der Waals surface area contributed by atoms with Gasteiger partial charge in [-0.05, 0) is 35.8 Å². The highest BCUT2D eigenvalue weighted by Gasteiger charge is 2.31. The van der Waals surface area contributed by atoms with Crippen molar-refractivity contribution in [3.63, 3.8) is 0 Å². The third-order valence-electron chi connectivity index (χ3n) is 1.65. The van der Waals surface area contributed by atoms with Gasteiger partial charge in [0.25, 0.3) is 0 Å². The van der Waals surface area contributed by atoms with Gasteiger partial charge in [0.05, 0.1) is 5.56 Å². The van der Waals surface area contributed by atoms with Crippen LogP contribution in [-0.4, -0.2) is 6.61 Å². The molecule has 1 aromatic carbocycles. The van der Waals surface area contributed by atoms with E-state index < -0.39 is 19.8 Å². The molecule has 0 spiro atoms. The Morgan fingerprint density at radius 3 is 2.20 bits per heavy atom. The first-order valence-electron chi connectivity index (χ1n) is 4.22. The Morgan fingerprint density at radius 2 is 1.80 bits per heavy atom. The summed E-state index contributed by atoms with van der Waals surface area (Å²) in [6.07, 6.45) is -4.37. The van der Waals surface area contributed by atoms with Gasteiger partial charge in [0, 0.05) is 0 Å². The van der Waals surface area contributed by atoms with Gasteiger partial charge in [-0.1, -0.05) is 0 Å². The fourth-order valence-corrected chi connectivity index (χ4v) is 1.74. The average Bonchev–Trinajstić information content (AvgIpc) is 2.17. The molecular weight excluding hydrogens is 228 g/mol. The maximum absolute atomic E-state index is 12.2. The van der Waals surface area contributed by atoms with E-state index >= 15 is 0 Å². The third-order valence-corrected chi connectivity index (χ3v) is 2.86. The van der Waals surface area contributed by atoms with Crippen molar-refractivity contribution in [1.29, 1.82) is 0 Å². The van der Waals surface area contributed by atoms with Crippen LogP contribution in [0.15, 0.2) is 24.3 Å². The summed E-state index contributed by atoms with van der Waals surface area (Å²) < 4.78 is 52.5. The van der Waals surface area contributed by atoms with Crippen LogP contribution in [0.25, 0.3) is 0 Å². The number of halogens is 3. The molecule has 0 radical (unpaired) electrons. The van der Waals surface area contributed by atoms with Gasteiger partial charge in [-0.3, -0.25) is 0 Å². The van der Waals surface area contributed by atoms with E-state index in [2.05, 4.69) is 0 Å². The topological polar surface area (TPSA) is 26.3 Å². The molecule has 0 heterocycles. The Bertz CT molecular complexity index is 345. The van der Waals surface area contributed by atoms with Crippen molar-refractivity contribution >= 4 is 13.3 Å². The molecule has 2 nitrogen and oxygen atoms in total. The lowest BCUT2D eigenvalue weighted by Crippen LogP contribution is -2.07. The van der Waals surface area contributed by atoms with Crippen molar-refractivity contribution < 1.29 is 22.3 Å². The molecular formula is C9H9F3O2P+. The Kier molecular flexibility index (Phi) is 3.83. The fourth-order valence-electron chi connectivity index (χ4n) is 0.964. The van der Waals surface area contributed by atoms with Crippen LogP contribution in [0.3, 0.4) is 0 Å². The molecule has 0 aliphatic heterocycles. The molecule has 1 aromatic rings. The van der Waals surface area contributed by atoms with Crippen molar-refractivity contribution in [1.82, 2.24) is 0 Å². The normalized spacial score (nSPS) is 12.7. The van der Waals surface area contributed by atoms with Crippen LogP contribution in [0.1, 0.15) is 12.5 Å². The van der Waals surface area contributed by atoms with Crippen LogP contribution >= 0.6 is 8.03 Å². The minimum atomic E-state index is -4.37. The van der Waals surface area contributed by atoms with Gasteiger partial charge in [-0.25, -0.2) is 0 Å². The van der Waals surface area contributed by atoms with Crippen LogP contribution in [0.5, 0.6) is 0 Å². The van der Waals surface area contributed by atoms with Gasteiger partial charge >= 0.3 is 14.2 Å². The molecule has 15 heavy (non-hydrogen) atoms. The first kappa shape index (κ1) is 12.1. The third kappa shape index (κ3) is 3.29. The van der Waals surface area contributed by atoms with E-state index in [1.165, 1.54) is 0 Å². The molecule has 1 rings (SSSR count). The molecule has 6 heteroatoms. The van der Waals surface area contributed by atoms with Gasteiger partial charge < -0.3 is 0 Å². The van der Waals surface area contributed by atoms with E-state index in [0.717, 1.165) is 24.3 Å². The van der Waals surface area contributed by atoms with Crippen LogP contribution < -0.4 is 5.30 Å². The smallest absolute Gasteiger partial charge is 0.166 e. The first-order valence-corrected chi connectivity index (χ1v) is 5.40. The highest BCUT2D eigenvalue weighted by atomic mass is 31.1. The Labute approximate surface area is 85.9 Å². The van der Waals surface area contributed by atoms with Crippen LogP contribution in [0, 0.1) is 0 Å². The summed E-state index contributed by atoms with van der Waals surface area (Å²) in [6, 6.07) is 4.11. The fraction of sp³-hybridized carbons (Fsp3) is 0.333. The zero-order valence-corrected chi connectivity index (χ0v) is 8.81. The molecule has 0 aliphatic rings. The minimum absolute atomic E-state index is 0.260. The van der Waals surface area contributed by atoms with Crippen molar-refractivity contribution in [3.8, 4) is 0 Å². The number of benzene rings is 1. The second kappa shape index (κ2) is 4.73. The number of alkyl halides is 3. The van der Waals surface area contributed by atoms with Crippen LogP contribution in [0.4, 0.5) is 13.2 Å². The van der Waals surface area contributed by atoms with Gasteiger partial charge in [0.15, 0.2) is 0 Å². The van der Waals surface area contributed by atoms with Crippen molar-refractivity contribution in [3.05, 3.63) is 29.8 Å². The maximum Gasteiger partial charge on any atom is 0.548 e. The maximum atomic E-state index is 12.2. The highest BCUT2D eigenvalue weighted by Crippen LogP contribution is 2.29. The second-order valence-electron chi connectivity index (χ2n) is 2.72. The van der Waals surface area contributed by atoms with Gasteiger partial charge in [-0.2, -0.15) is 13.2 Å². The van der Waals surface area contributed by atoms with Crippen LogP contribution in [0.2, 0.25) is 0 Å². The number of hydrogen-bond donors (Lipinski definition) is 0. The lowest BCUT2D eigenvalue weighted by Gasteiger charge is -2.04. The molecule has 0 N–H and O–H groups in total. The molecule has 0 saturated carbocycles. The largest absolute Gasteiger partial charge is 0.548 e. The van der Waals surface area contributed by atoms with E-state index in [1.807, 2.05) is 0 Å². The highest BCUT2D eigenvalue weighted by molar-refractivity contribution is 7.48. The number of hydrogen-bond acceptors (Lipinski definition) is 2. The monoisotopic (exact) mass is 237 g/mol. The molecule has 0 saturated heterocycles. The molecule has 0 bridgehead atoms. The van der Waals surface area contributed by atoms with Crippen molar-refractivity contribution in [2.75, 3.05) is 6.61 Å². The first-order chi connectivity index (χ1) is 6.95. The second-order valence-corrected chi connectivity index (χ2v) is 4.01. The molecule has 0 fully saturated rings. The standard InChI is InChI=1S/C9H9F3O2P/c1-2-14-15(13)8-5-3-7(4-6-8)9(10,11)12/h3-6H,2H2,1H3/q+1. The average molecular weight is 237 g/mol. The molecule has 0 aromatic heterocycles. The summed E-state index contributed by atoms with van der Waals surface area (Å²) in [7, 11) is -2.04. The van der Waals surface area contributed by atoms with Gasteiger partial charge in [-0.15, -0.1) is 4.52 Å². The van der Waals surface area contributed by atoms with E-state index in [-0.39, 0.29) is 11.9 Å². The summed E-state index contributed by atoms with van der Waals surface area (Å²) in [5.74, 6) is 0. The summed E-state index contributed by atoms with van der Waals surface area (Å²) in [6.45, 7) is 1.92. The Balaban J connectivity index is 2.86. The summed E-state index contributed by atoms with van der Waals surface area (Å²) in [5, 5.41) is 0.264. The van der Waals surface area contributed by atoms with Gasteiger partial charge in [0.2, 0.25) is 5.30 Å². The predicted molar refractivity (Wildman–Crippen MR) is 50.3 cm³/mol. The molecule has 1 atom stereocenters. The van der Waals surface area contributed by atoms with Crippen molar-refractivity contribution in [2.45, 2.75) is 13.1 Å². The molecule has 0 aliphatic carbocycles. The van der Waals surface area contributed by atoms with Crippen LogP contribution in [-0.2, 0) is 15.3 Å². The molecule has 0 amide bonds. The lowest BCUT2D eigenvalue weighted by atomic mass is 10.2. The van der Waals surface area contributed by atoms with E-state index in [1.54, 1.807) is 6.92 Å². The quantitative estimate of drug-likeness (QED) is 0.755. The number of rotatable bonds is 3. The van der Waals surface area contributed by atoms with E-state index in [9.17, 15) is 17.7 Å². The van der Waals surface area contributed by atoms with Gasteiger partial charge in [0.1, 0.15) is 6.61 Å². The zero-order chi connectivity index (χ0) is 11.5. The predicted octanol–water partition coefficient (Wildman–Crippen LogP) is 3.11. The zero-order valence-electron chi connectivity index (χ0n) is 7.91. The Morgan fingerprint density at radius 1 is 1.27 bits per heavy atom. The summed E-state index contributed by atoms with van der Waals surface area (Å²) in [4.78, 5) is 0. The lowest BCUT2D eigenvalue weighted by molar-refractivity contribution is -0.137. The van der Waals surface area contributed by atoms with E-state index in [0.29, 0.717) is 0 Å². The molecule has 82 valence electrons. The summed E-state index contributed by atoms with van der Waals surface area (Å²) in [5.41, 5.74) is -0.758. The van der Waals surface area contributed by atoms with E-state index in [4.69, 9.17) is 4.52 Å². The minimum Gasteiger partial charge on any atom is -0.166 e. The SMILES string of the molecule is CCO[P+](=O)c1ccc(C(F)(F)F)cc1. The summed E-state index contributed by atoms with van der Waals surface area (Å²) >= 11 is 0. The Hall–Kier alpha value is -0.930.